The number of thioether (sulfide) groups is 1. The Morgan fingerprint density at radius 3 is 2.56 bits per heavy atom. The molecule has 2 aliphatic heterocycles. The molecule has 2 heterocycles. The molecule has 0 spiro atoms. The Hall–Kier alpha value is -2.89. The third kappa shape index (κ3) is 5.28. The first-order chi connectivity index (χ1) is 17.4. The Morgan fingerprint density at radius 1 is 1.06 bits per heavy atom. The molecule has 3 aromatic carbocycles. The van der Waals surface area contributed by atoms with Gasteiger partial charge in [0.2, 0.25) is 6.79 Å². The molecule has 0 bridgehead atoms. The number of nitrogens with zero attached hydrogens (tertiary/aromatic N) is 1. The summed E-state index contributed by atoms with van der Waals surface area (Å²) in [4.78, 5) is 27.1. The van der Waals surface area contributed by atoms with Gasteiger partial charge in [-0.2, -0.15) is 0 Å². The lowest BCUT2D eigenvalue weighted by atomic mass is 10.1. The van der Waals surface area contributed by atoms with Crippen molar-refractivity contribution in [3.8, 4) is 23.0 Å². The summed E-state index contributed by atoms with van der Waals surface area (Å²) in [6, 6.07) is 16.7. The van der Waals surface area contributed by atoms with Crippen LogP contribution in [0.4, 0.5) is 4.79 Å². The normalized spacial score (nSPS) is 15.6. The van der Waals surface area contributed by atoms with Gasteiger partial charge in [-0.3, -0.25) is 14.5 Å². The fraction of sp³-hybridized carbons (Fsp3) is 0.154. The smallest absolute Gasteiger partial charge is 0.293 e. The largest absolute Gasteiger partial charge is 0.493 e. The van der Waals surface area contributed by atoms with Crippen molar-refractivity contribution in [2.45, 2.75) is 13.2 Å². The molecule has 2 amide bonds. The van der Waals surface area contributed by atoms with Crippen LogP contribution in [0.3, 0.4) is 0 Å². The first-order valence-electron chi connectivity index (χ1n) is 10.8. The Labute approximate surface area is 230 Å². The predicted molar refractivity (Wildman–Crippen MR) is 146 cm³/mol. The zero-order valence-electron chi connectivity index (χ0n) is 19.0. The van der Waals surface area contributed by atoms with Crippen molar-refractivity contribution < 1.29 is 28.5 Å². The average molecular weight is 636 g/mol. The molecule has 0 N–H and O–H groups in total. The topological polar surface area (TPSA) is 74.3 Å². The number of hydrogen-bond donors (Lipinski definition) is 0. The number of rotatable bonds is 7. The van der Waals surface area contributed by atoms with Crippen LogP contribution in [0, 0.1) is 3.57 Å². The van der Waals surface area contributed by atoms with Crippen molar-refractivity contribution in [3.05, 3.63) is 84.8 Å². The molecule has 184 valence electrons. The number of halogens is 2. The molecule has 0 saturated carbocycles. The SMILES string of the molecule is COc1cc(/C=C2\SC(=O)N(Cc3cc4c(cc3Cl)OCO4)C2=O)ccc1OCc1ccc(I)cc1. The number of hydrogen-bond acceptors (Lipinski definition) is 7. The summed E-state index contributed by atoms with van der Waals surface area (Å²) in [5.74, 6) is 1.79. The van der Waals surface area contributed by atoms with Gasteiger partial charge >= 0.3 is 0 Å². The Balaban J connectivity index is 1.30. The second kappa shape index (κ2) is 10.6. The quantitative estimate of drug-likeness (QED) is 0.217. The minimum atomic E-state index is -0.392. The molecular formula is C26H19ClINO6S. The van der Waals surface area contributed by atoms with E-state index in [1.54, 1.807) is 37.5 Å². The van der Waals surface area contributed by atoms with Crippen LogP contribution < -0.4 is 18.9 Å². The number of carbonyl (C=O) groups is 2. The molecule has 0 radical (unpaired) electrons. The van der Waals surface area contributed by atoms with Crippen molar-refractivity contribution in [1.29, 1.82) is 0 Å². The van der Waals surface area contributed by atoms with E-state index in [9.17, 15) is 9.59 Å². The van der Waals surface area contributed by atoms with Gasteiger partial charge in [-0.25, -0.2) is 0 Å². The van der Waals surface area contributed by atoms with Crippen LogP contribution in [-0.2, 0) is 17.9 Å². The average Bonchev–Trinajstić information content (AvgIpc) is 3.43. The van der Waals surface area contributed by atoms with E-state index in [0.29, 0.717) is 50.7 Å². The summed E-state index contributed by atoms with van der Waals surface area (Å²) in [6.07, 6.45) is 1.66. The van der Waals surface area contributed by atoms with Crippen molar-refractivity contribution in [1.82, 2.24) is 4.90 Å². The lowest BCUT2D eigenvalue weighted by Crippen LogP contribution is -2.27. The highest BCUT2D eigenvalue weighted by Gasteiger charge is 2.35. The maximum absolute atomic E-state index is 13.0. The fourth-order valence-electron chi connectivity index (χ4n) is 3.67. The molecule has 7 nitrogen and oxygen atoms in total. The van der Waals surface area contributed by atoms with Crippen molar-refractivity contribution in [3.63, 3.8) is 0 Å². The van der Waals surface area contributed by atoms with Gasteiger partial charge in [0.1, 0.15) is 6.61 Å². The zero-order valence-corrected chi connectivity index (χ0v) is 22.7. The van der Waals surface area contributed by atoms with Crippen LogP contribution in [-0.4, -0.2) is 29.9 Å². The molecule has 5 rings (SSSR count). The minimum Gasteiger partial charge on any atom is -0.493 e. The van der Waals surface area contributed by atoms with Gasteiger partial charge < -0.3 is 18.9 Å². The van der Waals surface area contributed by atoms with E-state index >= 15 is 0 Å². The first kappa shape index (κ1) is 24.8. The lowest BCUT2D eigenvalue weighted by molar-refractivity contribution is -0.123. The van der Waals surface area contributed by atoms with E-state index in [-0.39, 0.29) is 18.6 Å². The summed E-state index contributed by atoms with van der Waals surface area (Å²) in [5.41, 5.74) is 2.35. The number of amides is 2. The second-order valence-corrected chi connectivity index (χ2v) is 10.5. The molecule has 0 unspecified atom stereocenters. The molecule has 2 aliphatic rings. The highest BCUT2D eigenvalue weighted by atomic mass is 127. The van der Waals surface area contributed by atoms with Gasteiger partial charge in [-0.1, -0.05) is 29.8 Å². The molecule has 10 heteroatoms. The Morgan fingerprint density at radius 2 is 1.81 bits per heavy atom. The van der Waals surface area contributed by atoms with Crippen molar-refractivity contribution in [2.75, 3.05) is 13.9 Å². The highest BCUT2D eigenvalue weighted by Crippen LogP contribution is 2.40. The molecule has 36 heavy (non-hydrogen) atoms. The van der Waals surface area contributed by atoms with Crippen LogP contribution >= 0.6 is 46.0 Å². The van der Waals surface area contributed by atoms with E-state index in [1.165, 1.54) is 0 Å². The summed E-state index contributed by atoms with van der Waals surface area (Å²) in [5, 5.41) is 0.0252. The molecule has 1 saturated heterocycles. The van der Waals surface area contributed by atoms with Gasteiger partial charge in [-0.15, -0.1) is 0 Å². The predicted octanol–water partition coefficient (Wildman–Crippen LogP) is 6.50. The fourth-order valence-corrected chi connectivity index (χ4v) is 5.08. The summed E-state index contributed by atoms with van der Waals surface area (Å²) < 4.78 is 23.3. The number of ether oxygens (including phenoxy) is 4. The second-order valence-electron chi connectivity index (χ2n) is 7.89. The van der Waals surface area contributed by atoms with Crippen LogP contribution in [0.1, 0.15) is 16.7 Å². The highest BCUT2D eigenvalue weighted by molar-refractivity contribution is 14.1. The third-order valence-corrected chi connectivity index (χ3v) is 7.52. The van der Waals surface area contributed by atoms with Gasteiger partial charge in [0.05, 0.1) is 18.6 Å². The van der Waals surface area contributed by atoms with Gasteiger partial charge in [0.15, 0.2) is 23.0 Å². The van der Waals surface area contributed by atoms with Crippen molar-refractivity contribution in [2.24, 2.45) is 0 Å². The van der Waals surface area contributed by atoms with Crippen LogP contribution in [0.15, 0.2) is 59.5 Å². The first-order valence-corrected chi connectivity index (χ1v) is 13.1. The van der Waals surface area contributed by atoms with E-state index in [1.807, 2.05) is 30.3 Å². The number of fused-ring (bicyclic) bond motifs is 1. The maximum Gasteiger partial charge on any atom is 0.293 e. The number of methoxy groups -OCH3 is 1. The molecular weight excluding hydrogens is 617 g/mol. The van der Waals surface area contributed by atoms with Gasteiger partial charge in [-0.05, 0) is 87.5 Å². The summed E-state index contributed by atoms with van der Waals surface area (Å²) in [6.45, 7) is 0.540. The standard InChI is InChI=1S/C26H19ClINO6S/c1-32-21-8-16(4-7-20(21)33-13-15-2-5-18(28)6-3-15)9-24-25(30)29(26(31)36-24)12-17-10-22-23(11-19(17)27)35-14-34-22/h2-11H,12-14H2,1H3/b24-9-. The number of carbonyl (C=O) groups excluding carboxylic acids is 2. The Kier molecular flexibility index (Phi) is 7.31. The van der Waals surface area contributed by atoms with Gasteiger partial charge in [0.25, 0.3) is 11.1 Å². The number of benzene rings is 3. The van der Waals surface area contributed by atoms with Crippen LogP contribution in [0.25, 0.3) is 6.08 Å². The third-order valence-electron chi connectivity index (χ3n) is 5.54. The molecule has 0 aliphatic carbocycles. The molecule has 0 atom stereocenters. The van der Waals surface area contributed by atoms with E-state index in [0.717, 1.165) is 25.8 Å². The van der Waals surface area contributed by atoms with E-state index in [2.05, 4.69) is 22.6 Å². The van der Waals surface area contributed by atoms with E-state index < -0.39 is 5.91 Å². The molecule has 3 aromatic rings. The van der Waals surface area contributed by atoms with Crippen LogP contribution in [0.2, 0.25) is 5.02 Å². The van der Waals surface area contributed by atoms with E-state index in [4.69, 9.17) is 30.5 Å². The van der Waals surface area contributed by atoms with Crippen molar-refractivity contribution >= 4 is 63.2 Å². The lowest BCUT2D eigenvalue weighted by Gasteiger charge is -2.14. The van der Waals surface area contributed by atoms with Crippen LogP contribution in [0.5, 0.6) is 23.0 Å². The summed E-state index contributed by atoms with van der Waals surface area (Å²) >= 11 is 9.47. The Bertz CT molecular complexity index is 1380. The zero-order chi connectivity index (χ0) is 25.2. The van der Waals surface area contributed by atoms with Gasteiger partial charge in [0, 0.05) is 14.7 Å². The minimum absolute atomic E-state index is 0.0338. The number of imide groups is 1. The maximum atomic E-state index is 13.0. The monoisotopic (exact) mass is 635 g/mol. The molecule has 0 aromatic heterocycles. The summed E-state index contributed by atoms with van der Waals surface area (Å²) in [7, 11) is 1.56. The molecule has 1 fully saturated rings.